The zero-order chi connectivity index (χ0) is 16.9. The zero-order valence-electron chi connectivity index (χ0n) is 12.8. The van der Waals surface area contributed by atoms with Crippen molar-refractivity contribution >= 4 is 27.6 Å². The average molecular weight is 387 g/mol. The van der Waals surface area contributed by atoms with Gasteiger partial charge < -0.3 is 10.6 Å². The molecule has 1 aromatic heterocycles. The number of halogens is 1. The lowest BCUT2D eigenvalue weighted by molar-refractivity contribution is 0.248. The Morgan fingerprint density at radius 1 is 1.17 bits per heavy atom. The van der Waals surface area contributed by atoms with Gasteiger partial charge in [0.25, 0.3) is 0 Å². The van der Waals surface area contributed by atoms with Crippen molar-refractivity contribution in [3.05, 3.63) is 64.9 Å². The number of hydrogen-bond acceptors (Lipinski definition) is 4. The monoisotopic (exact) mass is 386 g/mol. The maximum atomic E-state index is 12.1. The number of amides is 2. The third-order valence-electron chi connectivity index (χ3n) is 3.31. The van der Waals surface area contributed by atoms with Crippen LogP contribution in [0.3, 0.4) is 0 Å². The lowest BCUT2D eigenvalue weighted by atomic mass is 10.3. The summed E-state index contributed by atoms with van der Waals surface area (Å²) in [6, 6.07) is 16.1. The van der Waals surface area contributed by atoms with Gasteiger partial charge >= 0.3 is 6.03 Å². The van der Waals surface area contributed by atoms with Crippen LogP contribution < -0.4 is 10.6 Å². The van der Waals surface area contributed by atoms with E-state index in [9.17, 15) is 4.79 Å². The van der Waals surface area contributed by atoms with Gasteiger partial charge in [0.15, 0.2) is 5.82 Å². The number of para-hydroxylation sites is 1. The summed E-state index contributed by atoms with van der Waals surface area (Å²) < 4.78 is 2.52. The zero-order valence-corrected chi connectivity index (χ0v) is 14.4. The van der Waals surface area contributed by atoms with Gasteiger partial charge in [-0.2, -0.15) is 4.68 Å². The van der Waals surface area contributed by atoms with Crippen LogP contribution in [0.5, 0.6) is 0 Å². The van der Waals surface area contributed by atoms with Crippen molar-refractivity contribution in [2.75, 3.05) is 5.32 Å². The summed E-state index contributed by atoms with van der Waals surface area (Å²) >= 11 is 3.43. The van der Waals surface area contributed by atoms with Crippen LogP contribution >= 0.6 is 15.9 Å². The Balaban J connectivity index is 1.73. The van der Waals surface area contributed by atoms with Crippen LogP contribution in [0, 0.1) is 0 Å². The number of nitrogens with zero attached hydrogens (tertiary/aromatic N) is 4. The van der Waals surface area contributed by atoms with Gasteiger partial charge in [0.2, 0.25) is 0 Å². The Hall–Kier alpha value is -2.74. The van der Waals surface area contributed by atoms with Crippen LogP contribution in [0.15, 0.2) is 59.1 Å². The number of anilines is 1. The van der Waals surface area contributed by atoms with Crippen molar-refractivity contribution in [1.82, 2.24) is 25.5 Å². The Morgan fingerprint density at radius 2 is 1.96 bits per heavy atom. The summed E-state index contributed by atoms with van der Waals surface area (Å²) in [5.41, 5.74) is 1.52. The predicted molar refractivity (Wildman–Crippen MR) is 93.9 cm³/mol. The third kappa shape index (κ3) is 3.77. The third-order valence-corrected chi connectivity index (χ3v) is 3.81. The van der Waals surface area contributed by atoms with E-state index < -0.39 is 0 Å². The number of hydrogen-bond donors (Lipinski definition) is 2. The number of nitrogens with one attached hydrogen (secondary N) is 2. The Morgan fingerprint density at radius 3 is 2.71 bits per heavy atom. The molecule has 1 unspecified atom stereocenters. The molecule has 24 heavy (non-hydrogen) atoms. The molecule has 0 spiro atoms. The summed E-state index contributed by atoms with van der Waals surface area (Å²) in [6.07, 6.45) is 0. The van der Waals surface area contributed by atoms with Crippen molar-refractivity contribution in [3.63, 3.8) is 0 Å². The van der Waals surface area contributed by atoms with Gasteiger partial charge in [-0.05, 0) is 47.7 Å². The Bertz CT molecular complexity index is 835. The van der Waals surface area contributed by atoms with E-state index in [1.807, 2.05) is 61.5 Å². The van der Waals surface area contributed by atoms with Crippen molar-refractivity contribution in [1.29, 1.82) is 0 Å². The number of carbonyl (C=O) groups is 1. The fourth-order valence-electron chi connectivity index (χ4n) is 2.21. The van der Waals surface area contributed by atoms with Gasteiger partial charge in [0, 0.05) is 10.2 Å². The molecular weight excluding hydrogens is 372 g/mol. The van der Waals surface area contributed by atoms with E-state index in [1.165, 1.54) is 0 Å². The van der Waals surface area contributed by atoms with Crippen LogP contribution in [0.2, 0.25) is 0 Å². The molecule has 0 aliphatic heterocycles. The first-order valence-corrected chi connectivity index (χ1v) is 8.09. The largest absolute Gasteiger partial charge is 0.328 e. The van der Waals surface area contributed by atoms with Crippen LogP contribution in [-0.4, -0.2) is 26.2 Å². The highest BCUT2D eigenvalue weighted by Crippen LogP contribution is 2.18. The molecule has 0 saturated carbocycles. The van der Waals surface area contributed by atoms with E-state index >= 15 is 0 Å². The Kier molecular flexibility index (Phi) is 4.85. The maximum Gasteiger partial charge on any atom is 0.319 e. The molecule has 0 aliphatic carbocycles. The first kappa shape index (κ1) is 16.1. The minimum atomic E-state index is -0.373. The van der Waals surface area contributed by atoms with Crippen molar-refractivity contribution in [2.45, 2.75) is 13.0 Å². The highest BCUT2D eigenvalue weighted by Gasteiger charge is 2.18. The lowest BCUT2D eigenvalue weighted by Crippen LogP contribution is -2.32. The molecule has 0 radical (unpaired) electrons. The van der Waals surface area contributed by atoms with Crippen molar-refractivity contribution in [3.8, 4) is 5.69 Å². The van der Waals surface area contributed by atoms with Crippen molar-refractivity contribution in [2.24, 2.45) is 0 Å². The molecular formula is C16H15BrN6O. The number of benzene rings is 2. The molecule has 0 fully saturated rings. The topological polar surface area (TPSA) is 84.7 Å². The maximum absolute atomic E-state index is 12.1. The van der Waals surface area contributed by atoms with Crippen LogP contribution in [-0.2, 0) is 0 Å². The van der Waals surface area contributed by atoms with Gasteiger partial charge in [-0.3, -0.25) is 0 Å². The summed E-state index contributed by atoms with van der Waals surface area (Å²) in [5, 5.41) is 17.3. The molecule has 1 atom stereocenters. The number of tetrazole rings is 1. The van der Waals surface area contributed by atoms with E-state index in [4.69, 9.17) is 0 Å². The number of carbonyl (C=O) groups excluding carboxylic acids is 1. The van der Waals surface area contributed by atoms with E-state index in [2.05, 4.69) is 42.1 Å². The molecule has 3 aromatic rings. The second-order valence-corrected chi connectivity index (χ2v) is 6.03. The van der Waals surface area contributed by atoms with Gasteiger partial charge in [-0.25, -0.2) is 4.79 Å². The van der Waals surface area contributed by atoms with Crippen molar-refractivity contribution < 1.29 is 4.79 Å². The fourth-order valence-corrected chi connectivity index (χ4v) is 2.59. The van der Waals surface area contributed by atoms with Crippen LogP contribution in [0.4, 0.5) is 10.5 Å². The Labute approximate surface area is 147 Å². The van der Waals surface area contributed by atoms with Gasteiger partial charge in [0.05, 0.1) is 11.7 Å². The minimum absolute atomic E-state index is 0.322. The standard InChI is InChI=1S/C16H15BrN6O/c1-11(18-16(24)19-13-7-3-2-4-8-13)15-20-21-22-23(15)14-9-5-6-12(17)10-14/h2-11H,1H3,(H2,18,19,24). The first-order chi connectivity index (χ1) is 11.6. The normalized spacial score (nSPS) is 11.8. The summed E-state index contributed by atoms with van der Waals surface area (Å²) in [4.78, 5) is 12.1. The lowest BCUT2D eigenvalue weighted by Gasteiger charge is -2.14. The molecule has 1 heterocycles. The number of rotatable bonds is 4. The smallest absolute Gasteiger partial charge is 0.319 e. The molecule has 2 aromatic carbocycles. The quantitative estimate of drug-likeness (QED) is 0.720. The summed E-state index contributed by atoms with van der Waals surface area (Å²) in [5.74, 6) is 0.538. The SMILES string of the molecule is CC(NC(=O)Nc1ccccc1)c1nnnn1-c1cccc(Br)c1. The van der Waals surface area contributed by atoms with E-state index in [0.29, 0.717) is 11.5 Å². The fraction of sp³-hybridized carbons (Fsp3) is 0.125. The van der Waals surface area contributed by atoms with Gasteiger partial charge in [-0.1, -0.05) is 40.2 Å². The summed E-state index contributed by atoms with van der Waals surface area (Å²) in [6.45, 7) is 1.82. The van der Waals surface area contributed by atoms with Gasteiger partial charge in [0.1, 0.15) is 0 Å². The first-order valence-electron chi connectivity index (χ1n) is 7.30. The minimum Gasteiger partial charge on any atom is -0.328 e. The molecule has 2 N–H and O–H groups in total. The van der Waals surface area contributed by atoms with E-state index in [0.717, 1.165) is 10.2 Å². The molecule has 8 heteroatoms. The predicted octanol–water partition coefficient (Wildman–Crippen LogP) is 3.31. The molecule has 3 rings (SSSR count). The number of urea groups is 1. The molecule has 0 bridgehead atoms. The second-order valence-electron chi connectivity index (χ2n) is 5.11. The molecule has 2 amide bonds. The summed E-state index contributed by atoms with van der Waals surface area (Å²) in [7, 11) is 0. The molecule has 7 nitrogen and oxygen atoms in total. The second kappa shape index (κ2) is 7.22. The number of aromatic nitrogens is 4. The highest BCUT2D eigenvalue weighted by atomic mass is 79.9. The van der Waals surface area contributed by atoms with Crippen LogP contribution in [0.1, 0.15) is 18.8 Å². The highest BCUT2D eigenvalue weighted by molar-refractivity contribution is 9.10. The molecule has 122 valence electrons. The van der Waals surface area contributed by atoms with Crippen LogP contribution in [0.25, 0.3) is 5.69 Å². The van der Waals surface area contributed by atoms with E-state index in [1.54, 1.807) is 4.68 Å². The average Bonchev–Trinajstić information content (AvgIpc) is 3.05. The van der Waals surface area contributed by atoms with Gasteiger partial charge in [-0.15, -0.1) is 5.10 Å². The molecule has 0 saturated heterocycles. The molecule has 0 aliphatic rings. The van der Waals surface area contributed by atoms with E-state index in [-0.39, 0.29) is 12.1 Å².